The summed E-state index contributed by atoms with van der Waals surface area (Å²) in [6.07, 6.45) is 5.28. The molecule has 0 aliphatic rings. The van der Waals surface area contributed by atoms with Gasteiger partial charge in [0, 0.05) is 36.4 Å². The molecule has 0 bridgehead atoms. The maximum Gasteiger partial charge on any atom is 0.163 e. The summed E-state index contributed by atoms with van der Waals surface area (Å²) >= 11 is 0. The van der Waals surface area contributed by atoms with Crippen molar-refractivity contribution < 1.29 is 9.84 Å². The van der Waals surface area contributed by atoms with Crippen LogP contribution >= 0.6 is 0 Å². The highest BCUT2D eigenvalue weighted by molar-refractivity contribution is 5.90. The minimum absolute atomic E-state index is 0.0142. The van der Waals surface area contributed by atoms with Crippen molar-refractivity contribution >= 4 is 33.4 Å². The lowest BCUT2D eigenvalue weighted by atomic mass is 10.2. The molecule has 0 radical (unpaired) electrons. The van der Waals surface area contributed by atoms with Crippen molar-refractivity contribution in [2.45, 2.75) is 13.1 Å². The normalized spacial score (nSPS) is 11.5. The predicted octanol–water partition coefficient (Wildman–Crippen LogP) is 2.16. The van der Waals surface area contributed by atoms with Crippen LogP contribution in [0.3, 0.4) is 0 Å². The topological polar surface area (TPSA) is 90.0 Å². The molecule has 8 nitrogen and oxygen atoms in total. The number of anilines is 2. The van der Waals surface area contributed by atoms with Crippen molar-refractivity contribution in [1.29, 1.82) is 0 Å². The van der Waals surface area contributed by atoms with E-state index in [0.717, 1.165) is 28.5 Å². The molecular formula is C18H20N6O2. The van der Waals surface area contributed by atoms with Crippen molar-refractivity contribution in [2.24, 2.45) is 0 Å². The lowest BCUT2D eigenvalue weighted by Gasteiger charge is -2.08. The minimum atomic E-state index is 0.0142. The number of methoxy groups -OCH3 is 1. The van der Waals surface area contributed by atoms with Crippen LogP contribution in [-0.2, 0) is 17.8 Å². The fourth-order valence-corrected chi connectivity index (χ4v) is 3.05. The number of ether oxygens (including phenoxy) is 1. The second kappa shape index (κ2) is 7.11. The molecule has 0 spiro atoms. The quantitative estimate of drug-likeness (QED) is 0.530. The Morgan fingerprint density at radius 1 is 1.19 bits per heavy atom. The summed E-state index contributed by atoms with van der Waals surface area (Å²) in [4.78, 5) is 8.61. The molecule has 0 unspecified atom stereocenters. The van der Waals surface area contributed by atoms with E-state index in [1.54, 1.807) is 18.0 Å². The van der Waals surface area contributed by atoms with Gasteiger partial charge in [-0.1, -0.05) is 0 Å². The Morgan fingerprint density at radius 3 is 2.96 bits per heavy atom. The first-order valence-electron chi connectivity index (χ1n) is 8.42. The summed E-state index contributed by atoms with van der Waals surface area (Å²) in [5.41, 5.74) is 2.80. The van der Waals surface area contributed by atoms with Crippen LogP contribution in [0.15, 0.2) is 43.0 Å². The molecule has 1 aromatic carbocycles. The van der Waals surface area contributed by atoms with Crippen LogP contribution in [0, 0.1) is 0 Å². The largest absolute Gasteiger partial charge is 0.394 e. The van der Waals surface area contributed by atoms with Crippen LogP contribution in [0.5, 0.6) is 0 Å². The van der Waals surface area contributed by atoms with Crippen molar-refractivity contribution in [2.75, 3.05) is 25.6 Å². The van der Waals surface area contributed by atoms with Crippen molar-refractivity contribution in [1.82, 2.24) is 24.3 Å². The van der Waals surface area contributed by atoms with Crippen molar-refractivity contribution in [3.63, 3.8) is 0 Å². The average molecular weight is 352 g/mol. The average Bonchev–Trinajstić information content (AvgIpc) is 3.25. The number of benzene rings is 1. The van der Waals surface area contributed by atoms with Gasteiger partial charge in [0.25, 0.3) is 0 Å². The van der Waals surface area contributed by atoms with Gasteiger partial charge in [-0.25, -0.2) is 14.6 Å². The summed E-state index contributed by atoms with van der Waals surface area (Å²) in [6.45, 7) is 1.92. The molecule has 0 aliphatic carbocycles. The third-order valence-electron chi connectivity index (χ3n) is 4.32. The summed E-state index contributed by atoms with van der Waals surface area (Å²) < 4.78 is 9.00. The van der Waals surface area contributed by atoms with Crippen LogP contribution in [0.25, 0.3) is 21.9 Å². The number of nitrogens with one attached hydrogen (secondary N) is 1. The number of aliphatic hydroxyl groups excluding tert-OH is 1. The molecule has 8 heteroatoms. The zero-order valence-corrected chi connectivity index (χ0v) is 14.5. The van der Waals surface area contributed by atoms with Gasteiger partial charge in [0.1, 0.15) is 12.1 Å². The van der Waals surface area contributed by atoms with E-state index < -0.39 is 0 Å². The van der Waals surface area contributed by atoms with E-state index >= 15 is 0 Å². The zero-order valence-electron chi connectivity index (χ0n) is 14.5. The van der Waals surface area contributed by atoms with Gasteiger partial charge >= 0.3 is 0 Å². The monoisotopic (exact) mass is 352 g/mol. The highest BCUT2D eigenvalue weighted by Crippen LogP contribution is 2.26. The van der Waals surface area contributed by atoms with Crippen molar-refractivity contribution in [3.05, 3.63) is 43.0 Å². The fourth-order valence-electron chi connectivity index (χ4n) is 3.05. The van der Waals surface area contributed by atoms with Crippen molar-refractivity contribution in [3.8, 4) is 0 Å². The summed E-state index contributed by atoms with van der Waals surface area (Å²) in [5.74, 6) is 0.692. The Kier molecular flexibility index (Phi) is 4.51. The molecule has 3 aromatic heterocycles. The molecule has 0 fully saturated rings. The van der Waals surface area contributed by atoms with Gasteiger partial charge < -0.3 is 19.7 Å². The maximum absolute atomic E-state index is 9.13. The lowest BCUT2D eigenvalue weighted by molar-refractivity contribution is 0.188. The molecule has 0 amide bonds. The first kappa shape index (κ1) is 16.5. The molecular weight excluding hydrogens is 332 g/mol. The molecule has 2 N–H and O–H groups in total. The molecule has 3 heterocycles. The Labute approximate surface area is 150 Å². The smallest absolute Gasteiger partial charge is 0.163 e. The number of hydrogen-bond acceptors (Lipinski definition) is 6. The Morgan fingerprint density at radius 2 is 2.12 bits per heavy atom. The van der Waals surface area contributed by atoms with Gasteiger partial charge in [0.15, 0.2) is 5.65 Å². The molecule has 26 heavy (non-hydrogen) atoms. The first-order valence-corrected chi connectivity index (χ1v) is 8.42. The van der Waals surface area contributed by atoms with Crippen LogP contribution in [0.2, 0.25) is 0 Å². The second-order valence-electron chi connectivity index (χ2n) is 5.95. The second-order valence-corrected chi connectivity index (χ2v) is 5.95. The highest BCUT2D eigenvalue weighted by atomic mass is 16.5. The summed E-state index contributed by atoms with van der Waals surface area (Å²) in [6, 6.07) is 8.29. The molecule has 134 valence electrons. The molecule has 0 atom stereocenters. The van der Waals surface area contributed by atoms with Gasteiger partial charge in [0.2, 0.25) is 0 Å². The van der Waals surface area contributed by atoms with Gasteiger partial charge in [-0.3, -0.25) is 0 Å². The van der Waals surface area contributed by atoms with Gasteiger partial charge in [-0.2, -0.15) is 5.10 Å². The van der Waals surface area contributed by atoms with Crippen LogP contribution in [-0.4, -0.2) is 49.7 Å². The van der Waals surface area contributed by atoms with Crippen LogP contribution < -0.4 is 5.32 Å². The number of aliphatic hydroxyl groups is 1. The van der Waals surface area contributed by atoms with E-state index in [0.29, 0.717) is 24.6 Å². The van der Waals surface area contributed by atoms with Gasteiger partial charge in [-0.05, 0) is 24.3 Å². The third-order valence-corrected chi connectivity index (χ3v) is 4.32. The number of fused-ring (bicyclic) bond motifs is 2. The molecule has 4 rings (SSSR count). The van der Waals surface area contributed by atoms with E-state index in [1.165, 1.54) is 6.33 Å². The minimum Gasteiger partial charge on any atom is -0.394 e. The lowest BCUT2D eigenvalue weighted by Crippen LogP contribution is -2.05. The van der Waals surface area contributed by atoms with Gasteiger partial charge in [-0.15, -0.1) is 0 Å². The number of aromatic nitrogens is 5. The highest BCUT2D eigenvalue weighted by Gasteiger charge is 2.10. The van der Waals surface area contributed by atoms with Crippen LogP contribution in [0.1, 0.15) is 0 Å². The molecule has 0 saturated heterocycles. The first-order chi connectivity index (χ1) is 12.8. The molecule has 0 saturated carbocycles. The Balaban J connectivity index is 1.64. The Hall–Kier alpha value is -2.97. The van der Waals surface area contributed by atoms with E-state index in [4.69, 9.17) is 9.84 Å². The van der Waals surface area contributed by atoms with E-state index in [9.17, 15) is 0 Å². The van der Waals surface area contributed by atoms with E-state index in [1.807, 2.05) is 6.07 Å². The standard InChI is InChI=1S/C18H20N6O2/c1-26-9-7-23-5-4-13-10-14(2-3-16(13)23)22-17-15-11-21-24(6-8-25)18(15)20-12-19-17/h2-5,10-12,25H,6-9H2,1H3,(H,19,20,22). The predicted molar refractivity (Wildman–Crippen MR) is 99.5 cm³/mol. The zero-order chi connectivity index (χ0) is 17.9. The van der Waals surface area contributed by atoms with Crippen LogP contribution in [0.4, 0.5) is 11.5 Å². The number of hydrogen-bond donors (Lipinski definition) is 2. The third kappa shape index (κ3) is 3.00. The molecule has 4 aromatic rings. The molecule has 0 aliphatic heterocycles. The van der Waals surface area contributed by atoms with E-state index in [2.05, 4.69) is 49.3 Å². The van der Waals surface area contributed by atoms with E-state index in [-0.39, 0.29) is 6.61 Å². The summed E-state index contributed by atoms with van der Waals surface area (Å²) in [5, 5.41) is 18.7. The fraction of sp³-hybridized carbons (Fsp3) is 0.278. The number of rotatable bonds is 7. The summed E-state index contributed by atoms with van der Waals surface area (Å²) in [7, 11) is 1.71. The Bertz CT molecular complexity index is 1040. The maximum atomic E-state index is 9.13. The number of nitrogens with zero attached hydrogens (tertiary/aromatic N) is 5. The van der Waals surface area contributed by atoms with Gasteiger partial charge in [0.05, 0.1) is 31.3 Å². The SMILES string of the molecule is COCCn1ccc2cc(Nc3ncnc4c3cnn4CCO)ccc21.